The van der Waals surface area contributed by atoms with Gasteiger partial charge in [0.25, 0.3) is 5.91 Å². The molecule has 0 saturated carbocycles. The summed E-state index contributed by atoms with van der Waals surface area (Å²) in [6.45, 7) is 3.41. The molecule has 0 spiro atoms. The Kier molecular flexibility index (Phi) is 3.46. The van der Waals surface area contributed by atoms with Crippen molar-refractivity contribution in [1.29, 1.82) is 0 Å². The Labute approximate surface area is 99.8 Å². The first kappa shape index (κ1) is 11.7. The third-order valence-corrected chi connectivity index (χ3v) is 2.82. The lowest BCUT2D eigenvalue weighted by Gasteiger charge is -2.14. The fourth-order valence-corrected chi connectivity index (χ4v) is 1.88. The van der Waals surface area contributed by atoms with E-state index in [0.717, 1.165) is 25.9 Å². The Morgan fingerprint density at radius 3 is 2.65 bits per heavy atom. The Morgan fingerprint density at radius 1 is 1.35 bits per heavy atom. The quantitative estimate of drug-likeness (QED) is 0.849. The van der Waals surface area contributed by atoms with Crippen LogP contribution in [0.25, 0.3) is 0 Å². The molecule has 5 nitrogen and oxygen atoms in total. The van der Waals surface area contributed by atoms with Gasteiger partial charge in [-0.3, -0.25) is 9.59 Å². The van der Waals surface area contributed by atoms with Gasteiger partial charge in [0, 0.05) is 13.1 Å². The average molecular weight is 236 g/mol. The number of hydrogen-bond acceptors (Lipinski definition) is 3. The SMILES string of the molecule is Cc1ccc(C(=O)NCC(=O)N2CCCC2)o1. The molecule has 1 aliphatic heterocycles. The zero-order valence-corrected chi connectivity index (χ0v) is 9.86. The summed E-state index contributed by atoms with van der Waals surface area (Å²) in [5.41, 5.74) is 0. The van der Waals surface area contributed by atoms with Crippen molar-refractivity contribution >= 4 is 11.8 Å². The topological polar surface area (TPSA) is 62.6 Å². The Balaban J connectivity index is 1.81. The van der Waals surface area contributed by atoms with E-state index in [-0.39, 0.29) is 24.1 Å². The number of furan rings is 1. The molecular formula is C12H16N2O3. The van der Waals surface area contributed by atoms with Gasteiger partial charge >= 0.3 is 0 Å². The van der Waals surface area contributed by atoms with Crippen molar-refractivity contribution in [2.45, 2.75) is 19.8 Å². The largest absolute Gasteiger partial charge is 0.456 e. The van der Waals surface area contributed by atoms with Gasteiger partial charge in [-0.15, -0.1) is 0 Å². The molecular weight excluding hydrogens is 220 g/mol. The van der Waals surface area contributed by atoms with Crippen molar-refractivity contribution in [3.8, 4) is 0 Å². The van der Waals surface area contributed by atoms with Crippen molar-refractivity contribution < 1.29 is 14.0 Å². The molecule has 2 rings (SSSR count). The molecule has 17 heavy (non-hydrogen) atoms. The third-order valence-electron chi connectivity index (χ3n) is 2.82. The van der Waals surface area contributed by atoms with Crippen LogP contribution in [0.1, 0.15) is 29.2 Å². The van der Waals surface area contributed by atoms with Gasteiger partial charge < -0.3 is 14.6 Å². The minimum Gasteiger partial charge on any atom is -0.456 e. The van der Waals surface area contributed by atoms with Gasteiger partial charge in [0.2, 0.25) is 5.91 Å². The van der Waals surface area contributed by atoms with Crippen LogP contribution in [0.2, 0.25) is 0 Å². The maximum atomic E-state index is 11.7. The second-order valence-electron chi connectivity index (χ2n) is 4.18. The number of carbonyl (C=O) groups is 2. The molecule has 0 atom stereocenters. The van der Waals surface area contributed by atoms with Gasteiger partial charge in [-0.25, -0.2) is 0 Å². The molecule has 5 heteroatoms. The minimum absolute atomic E-state index is 0.0286. The molecule has 2 amide bonds. The smallest absolute Gasteiger partial charge is 0.287 e. The van der Waals surface area contributed by atoms with Crippen molar-refractivity contribution in [3.63, 3.8) is 0 Å². The number of carbonyl (C=O) groups excluding carboxylic acids is 2. The standard InChI is InChI=1S/C12H16N2O3/c1-9-4-5-10(17-9)12(16)13-8-11(15)14-6-2-3-7-14/h4-5H,2-3,6-8H2,1H3,(H,13,16). The van der Waals surface area contributed by atoms with Crippen LogP contribution >= 0.6 is 0 Å². The lowest BCUT2D eigenvalue weighted by molar-refractivity contribution is -0.129. The van der Waals surface area contributed by atoms with Crippen LogP contribution < -0.4 is 5.32 Å². The molecule has 0 radical (unpaired) electrons. The van der Waals surface area contributed by atoms with Crippen LogP contribution in [0.4, 0.5) is 0 Å². The highest BCUT2D eigenvalue weighted by Gasteiger charge is 2.19. The van der Waals surface area contributed by atoms with Gasteiger partial charge in [0.1, 0.15) is 5.76 Å². The number of hydrogen-bond donors (Lipinski definition) is 1. The van der Waals surface area contributed by atoms with Crippen LogP contribution in [0.3, 0.4) is 0 Å². The van der Waals surface area contributed by atoms with Gasteiger partial charge in [0.05, 0.1) is 6.54 Å². The molecule has 1 aromatic rings. The van der Waals surface area contributed by atoms with E-state index in [1.165, 1.54) is 0 Å². The maximum Gasteiger partial charge on any atom is 0.287 e. The minimum atomic E-state index is -0.342. The van der Waals surface area contributed by atoms with E-state index in [1.54, 1.807) is 24.0 Å². The Bertz CT molecular complexity index is 419. The fraction of sp³-hybridized carbons (Fsp3) is 0.500. The number of aryl methyl sites for hydroxylation is 1. The molecule has 0 aliphatic carbocycles. The molecule has 1 N–H and O–H groups in total. The molecule has 1 fully saturated rings. The zero-order valence-electron chi connectivity index (χ0n) is 9.86. The number of likely N-dealkylation sites (tertiary alicyclic amines) is 1. The summed E-state index contributed by atoms with van der Waals surface area (Å²) in [6.07, 6.45) is 2.11. The normalized spacial score (nSPS) is 15.0. The van der Waals surface area contributed by atoms with E-state index in [9.17, 15) is 9.59 Å². The van der Waals surface area contributed by atoms with E-state index in [4.69, 9.17) is 4.42 Å². The van der Waals surface area contributed by atoms with Gasteiger partial charge in [-0.1, -0.05) is 0 Å². The van der Waals surface area contributed by atoms with Crippen molar-refractivity contribution in [3.05, 3.63) is 23.7 Å². The molecule has 2 heterocycles. The molecule has 1 aromatic heterocycles. The monoisotopic (exact) mass is 236 g/mol. The first-order chi connectivity index (χ1) is 8.16. The predicted octanol–water partition coefficient (Wildman–Crippen LogP) is 0.940. The third kappa shape index (κ3) is 2.87. The summed E-state index contributed by atoms with van der Waals surface area (Å²) in [4.78, 5) is 25.0. The highest BCUT2D eigenvalue weighted by Crippen LogP contribution is 2.08. The van der Waals surface area contributed by atoms with E-state index < -0.39 is 0 Å². The molecule has 0 bridgehead atoms. The predicted molar refractivity (Wildman–Crippen MR) is 61.6 cm³/mol. The fourth-order valence-electron chi connectivity index (χ4n) is 1.88. The van der Waals surface area contributed by atoms with Crippen molar-refractivity contribution in [1.82, 2.24) is 10.2 Å². The van der Waals surface area contributed by atoms with Gasteiger partial charge in [-0.2, -0.15) is 0 Å². The average Bonchev–Trinajstić information content (AvgIpc) is 2.95. The summed E-state index contributed by atoms with van der Waals surface area (Å²) >= 11 is 0. The highest BCUT2D eigenvalue weighted by molar-refractivity contribution is 5.94. The number of nitrogens with one attached hydrogen (secondary N) is 1. The lowest BCUT2D eigenvalue weighted by Crippen LogP contribution is -2.38. The van der Waals surface area contributed by atoms with Crippen molar-refractivity contribution in [2.75, 3.05) is 19.6 Å². The van der Waals surface area contributed by atoms with Gasteiger partial charge in [-0.05, 0) is 31.9 Å². The highest BCUT2D eigenvalue weighted by atomic mass is 16.3. The Morgan fingerprint density at radius 2 is 2.06 bits per heavy atom. The van der Waals surface area contributed by atoms with E-state index in [1.807, 2.05) is 0 Å². The van der Waals surface area contributed by atoms with E-state index in [0.29, 0.717) is 5.76 Å². The Hall–Kier alpha value is -1.78. The molecule has 0 aromatic carbocycles. The van der Waals surface area contributed by atoms with Crippen LogP contribution in [-0.4, -0.2) is 36.3 Å². The summed E-state index contributed by atoms with van der Waals surface area (Å²) in [5, 5.41) is 2.57. The lowest BCUT2D eigenvalue weighted by atomic mass is 10.4. The molecule has 1 aliphatic rings. The van der Waals surface area contributed by atoms with Crippen LogP contribution in [-0.2, 0) is 4.79 Å². The van der Waals surface area contributed by atoms with Crippen molar-refractivity contribution in [2.24, 2.45) is 0 Å². The van der Waals surface area contributed by atoms with E-state index >= 15 is 0 Å². The zero-order chi connectivity index (χ0) is 12.3. The van der Waals surface area contributed by atoms with Gasteiger partial charge in [0.15, 0.2) is 5.76 Å². The number of rotatable bonds is 3. The second kappa shape index (κ2) is 5.03. The number of amides is 2. The maximum absolute atomic E-state index is 11.7. The second-order valence-corrected chi connectivity index (χ2v) is 4.18. The van der Waals surface area contributed by atoms with Crippen LogP contribution in [0, 0.1) is 6.92 Å². The first-order valence-electron chi connectivity index (χ1n) is 5.79. The first-order valence-corrected chi connectivity index (χ1v) is 5.79. The molecule has 1 saturated heterocycles. The summed E-state index contributed by atoms with van der Waals surface area (Å²) in [7, 11) is 0. The van der Waals surface area contributed by atoms with E-state index in [2.05, 4.69) is 5.32 Å². The molecule has 92 valence electrons. The summed E-state index contributed by atoms with van der Waals surface area (Å²) in [5.74, 6) is 0.558. The summed E-state index contributed by atoms with van der Waals surface area (Å²) in [6, 6.07) is 3.32. The molecule has 0 unspecified atom stereocenters. The van der Waals surface area contributed by atoms with Crippen LogP contribution in [0.15, 0.2) is 16.5 Å². The van der Waals surface area contributed by atoms with Crippen LogP contribution in [0.5, 0.6) is 0 Å². The summed E-state index contributed by atoms with van der Waals surface area (Å²) < 4.78 is 5.17. The number of nitrogens with zero attached hydrogens (tertiary/aromatic N) is 1.